The number of hydrogen-bond acceptors (Lipinski definition) is 3. The summed E-state index contributed by atoms with van der Waals surface area (Å²) in [5, 5.41) is 9.64. The van der Waals surface area contributed by atoms with Crippen LogP contribution < -0.4 is 0 Å². The Labute approximate surface area is 191 Å². The number of nitrogens with zero attached hydrogens (tertiary/aromatic N) is 2. The van der Waals surface area contributed by atoms with Gasteiger partial charge in [0.2, 0.25) is 0 Å². The summed E-state index contributed by atoms with van der Waals surface area (Å²) in [5.41, 5.74) is 8.05. The Kier molecular flexibility index (Phi) is 6.43. The van der Waals surface area contributed by atoms with E-state index in [1.54, 1.807) is 8.61 Å². The van der Waals surface area contributed by atoms with Crippen LogP contribution in [0.1, 0.15) is 52.6 Å². The van der Waals surface area contributed by atoms with Crippen molar-refractivity contribution in [2.24, 2.45) is 0 Å². The lowest BCUT2D eigenvalue weighted by atomic mass is 9.81. The van der Waals surface area contributed by atoms with Crippen molar-refractivity contribution in [1.29, 1.82) is 0 Å². The summed E-state index contributed by atoms with van der Waals surface area (Å²) in [6, 6.07) is 8.18. The van der Waals surface area contributed by atoms with Crippen molar-refractivity contribution in [3.63, 3.8) is 0 Å². The summed E-state index contributed by atoms with van der Waals surface area (Å²) in [4.78, 5) is 11.8. The van der Waals surface area contributed by atoms with Gasteiger partial charge in [-0.05, 0) is 79.0 Å². The number of carboxylic acid groups (broad SMARTS) is 1. The van der Waals surface area contributed by atoms with E-state index in [4.69, 9.17) is 0 Å². The van der Waals surface area contributed by atoms with Gasteiger partial charge in [0.05, 0.1) is 6.42 Å². The second-order valence-corrected chi connectivity index (χ2v) is 11.0. The third-order valence-electron chi connectivity index (χ3n) is 6.98. The minimum atomic E-state index is -3.51. The maximum absolute atomic E-state index is 13.3. The van der Waals surface area contributed by atoms with Crippen LogP contribution in [-0.2, 0) is 34.4 Å². The Balaban J connectivity index is 1.79. The Morgan fingerprint density at radius 1 is 0.906 bits per heavy atom. The first kappa shape index (κ1) is 23.0. The molecule has 172 valence electrons. The van der Waals surface area contributed by atoms with Crippen LogP contribution >= 0.6 is 0 Å². The van der Waals surface area contributed by atoms with E-state index < -0.39 is 16.2 Å². The minimum Gasteiger partial charge on any atom is -0.481 e. The summed E-state index contributed by atoms with van der Waals surface area (Å²) >= 11 is 0. The summed E-state index contributed by atoms with van der Waals surface area (Å²) < 4.78 is 29.8. The molecule has 6 nitrogen and oxygen atoms in total. The normalized spacial score (nSPS) is 17.8. The highest BCUT2D eigenvalue weighted by molar-refractivity contribution is 7.86. The molecule has 0 unspecified atom stereocenters. The molecular weight excluding hydrogens is 424 g/mol. The molecule has 1 saturated heterocycles. The molecule has 2 aliphatic rings. The molecule has 4 rings (SSSR count). The maximum Gasteiger partial charge on any atom is 0.307 e. The first-order valence-electron chi connectivity index (χ1n) is 11.4. The predicted molar refractivity (Wildman–Crippen MR) is 126 cm³/mol. The molecular formula is C25H32N2O4S. The quantitative estimate of drug-likeness (QED) is 0.738. The monoisotopic (exact) mass is 456 g/mol. The molecule has 7 heteroatoms. The molecule has 2 aromatic carbocycles. The molecule has 0 atom stereocenters. The Morgan fingerprint density at radius 2 is 1.56 bits per heavy atom. The highest BCUT2D eigenvalue weighted by Crippen LogP contribution is 2.39. The number of piperidine rings is 1. The van der Waals surface area contributed by atoms with E-state index >= 15 is 0 Å². The number of hydrogen-bond donors (Lipinski definition) is 1. The molecule has 2 aromatic rings. The third kappa shape index (κ3) is 4.21. The average molecular weight is 457 g/mol. The molecule has 32 heavy (non-hydrogen) atoms. The van der Waals surface area contributed by atoms with Gasteiger partial charge in [0, 0.05) is 26.2 Å². The van der Waals surface area contributed by atoms with Crippen molar-refractivity contribution >= 4 is 16.2 Å². The highest BCUT2D eigenvalue weighted by atomic mass is 32.2. The van der Waals surface area contributed by atoms with Crippen LogP contribution in [-0.4, -0.2) is 47.7 Å². The number of benzene rings is 2. The highest BCUT2D eigenvalue weighted by Gasteiger charge is 2.35. The first-order valence-corrected chi connectivity index (χ1v) is 12.8. The molecule has 2 aliphatic heterocycles. The zero-order chi connectivity index (χ0) is 23.0. The van der Waals surface area contributed by atoms with Crippen LogP contribution in [0.25, 0.3) is 11.1 Å². The average Bonchev–Trinajstić information content (AvgIpc) is 2.78. The predicted octanol–water partition coefficient (Wildman–Crippen LogP) is 3.99. The van der Waals surface area contributed by atoms with Crippen LogP contribution in [0.15, 0.2) is 24.3 Å². The summed E-state index contributed by atoms with van der Waals surface area (Å²) in [6.45, 7) is 7.96. The van der Waals surface area contributed by atoms with Gasteiger partial charge >= 0.3 is 5.97 Å². The van der Waals surface area contributed by atoms with Crippen molar-refractivity contribution in [3.05, 3.63) is 57.6 Å². The van der Waals surface area contributed by atoms with E-state index in [-0.39, 0.29) is 6.42 Å². The third-order valence-corrected chi connectivity index (χ3v) is 8.96. The Hall–Kier alpha value is -2.22. The van der Waals surface area contributed by atoms with Crippen molar-refractivity contribution in [2.45, 2.75) is 59.4 Å². The largest absolute Gasteiger partial charge is 0.481 e. The number of carboxylic acids is 1. The number of aliphatic carboxylic acids is 1. The molecule has 1 N–H and O–H groups in total. The fraction of sp³-hybridized carbons (Fsp3) is 0.480. The minimum absolute atomic E-state index is 0.0813. The SMILES string of the molecule is Cc1ccc(-c2c(C)c3c(c(C)c2CC(=O)O)CN(S(=O)(=O)N2CCCCC2)CC3)cc1. The second kappa shape index (κ2) is 8.96. The molecule has 0 radical (unpaired) electrons. The van der Waals surface area contributed by atoms with Gasteiger partial charge in [0.25, 0.3) is 10.2 Å². The van der Waals surface area contributed by atoms with Gasteiger partial charge < -0.3 is 5.11 Å². The molecule has 0 saturated carbocycles. The number of fused-ring (bicyclic) bond motifs is 1. The van der Waals surface area contributed by atoms with Crippen LogP contribution in [0.4, 0.5) is 0 Å². The molecule has 0 amide bonds. The van der Waals surface area contributed by atoms with E-state index in [0.717, 1.165) is 63.8 Å². The standard InChI is InChI=1S/C25H32N2O4S/c1-17-7-9-20(10-8-17)25-19(3)21-11-14-27(32(30,31)26-12-5-4-6-13-26)16-23(21)18(2)22(25)15-24(28)29/h7-10H,4-6,11-16H2,1-3H3,(H,28,29). The van der Waals surface area contributed by atoms with Gasteiger partial charge in [-0.3, -0.25) is 4.79 Å². The lowest BCUT2D eigenvalue weighted by Crippen LogP contribution is -2.47. The van der Waals surface area contributed by atoms with Crippen LogP contribution in [0.2, 0.25) is 0 Å². The Morgan fingerprint density at radius 3 is 2.19 bits per heavy atom. The van der Waals surface area contributed by atoms with Gasteiger partial charge in [-0.25, -0.2) is 0 Å². The summed E-state index contributed by atoms with van der Waals surface area (Å²) in [6.07, 6.45) is 3.45. The zero-order valence-corrected chi connectivity index (χ0v) is 20.0. The number of rotatable bonds is 5. The topological polar surface area (TPSA) is 77.9 Å². The van der Waals surface area contributed by atoms with Crippen molar-refractivity contribution < 1.29 is 18.3 Å². The molecule has 0 aromatic heterocycles. The first-order chi connectivity index (χ1) is 15.2. The van der Waals surface area contributed by atoms with Gasteiger partial charge in [0.15, 0.2) is 0 Å². The molecule has 0 bridgehead atoms. The van der Waals surface area contributed by atoms with Gasteiger partial charge in [-0.2, -0.15) is 17.0 Å². The van der Waals surface area contributed by atoms with E-state index in [2.05, 4.69) is 0 Å². The molecule has 1 fully saturated rings. The summed E-state index contributed by atoms with van der Waals surface area (Å²) in [5.74, 6) is -0.880. The second-order valence-electron chi connectivity index (χ2n) is 9.05. The van der Waals surface area contributed by atoms with Crippen molar-refractivity contribution in [2.75, 3.05) is 19.6 Å². The number of carbonyl (C=O) groups is 1. The lowest BCUT2D eigenvalue weighted by molar-refractivity contribution is -0.136. The van der Waals surface area contributed by atoms with E-state index in [1.807, 2.05) is 45.0 Å². The number of aryl methyl sites for hydroxylation is 1. The molecule has 2 heterocycles. The van der Waals surface area contributed by atoms with Crippen LogP contribution in [0, 0.1) is 20.8 Å². The fourth-order valence-corrected chi connectivity index (χ4v) is 6.84. The lowest BCUT2D eigenvalue weighted by Gasteiger charge is -2.36. The molecule has 0 aliphatic carbocycles. The van der Waals surface area contributed by atoms with Crippen molar-refractivity contribution in [1.82, 2.24) is 8.61 Å². The van der Waals surface area contributed by atoms with Gasteiger partial charge in [-0.15, -0.1) is 0 Å². The van der Waals surface area contributed by atoms with E-state index in [0.29, 0.717) is 32.6 Å². The summed E-state index contributed by atoms with van der Waals surface area (Å²) in [7, 11) is -3.51. The Bertz CT molecular complexity index is 1130. The fourth-order valence-electron chi connectivity index (χ4n) is 5.18. The smallest absolute Gasteiger partial charge is 0.307 e. The molecule has 0 spiro atoms. The van der Waals surface area contributed by atoms with Gasteiger partial charge in [-0.1, -0.05) is 36.2 Å². The van der Waals surface area contributed by atoms with Gasteiger partial charge in [0.1, 0.15) is 0 Å². The zero-order valence-electron chi connectivity index (χ0n) is 19.1. The maximum atomic E-state index is 13.3. The van der Waals surface area contributed by atoms with Crippen molar-refractivity contribution in [3.8, 4) is 11.1 Å². The van der Waals surface area contributed by atoms with Crippen LogP contribution in [0.5, 0.6) is 0 Å². The van der Waals surface area contributed by atoms with E-state index in [9.17, 15) is 18.3 Å². The van der Waals surface area contributed by atoms with Crippen LogP contribution in [0.3, 0.4) is 0 Å². The van der Waals surface area contributed by atoms with E-state index in [1.165, 1.54) is 0 Å².